The fourth-order valence-electron chi connectivity index (χ4n) is 4.09. The molecular weight excluding hydrogens is 440 g/mol. The van der Waals surface area contributed by atoms with Crippen LogP contribution in [0.4, 0.5) is 0 Å². The maximum Gasteiger partial charge on any atom is 0.274 e. The molecule has 178 valence electrons. The molecule has 2 fully saturated rings. The first-order valence-electron chi connectivity index (χ1n) is 11.1. The maximum absolute atomic E-state index is 13.3. The zero-order chi connectivity index (χ0) is 24.1. The van der Waals surface area contributed by atoms with Crippen molar-refractivity contribution in [3.05, 3.63) is 54.1 Å². The molecule has 2 unspecified atom stereocenters. The van der Waals surface area contributed by atoms with Gasteiger partial charge in [0.15, 0.2) is 0 Å². The van der Waals surface area contributed by atoms with Crippen LogP contribution in [0.3, 0.4) is 0 Å². The molecule has 11 heteroatoms. The van der Waals surface area contributed by atoms with E-state index in [0.717, 1.165) is 6.42 Å². The molecule has 0 radical (unpaired) electrons. The van der Waals surface area contributed by atoms with Gasteiger partial charge in [0.2, 0.25) is 11.8 Å². The van der Waals surface area contributed by atoms with Crippen LogP contribution in [0.2, 0.25) is 0 Å². The highest BCUT2D eigenvalue weighted by Crippen LogP contribution is 2.19. The van der Waals surface area contributed by atoms with Gasteiger partial charge in [-0.05, 0) is 37.1 Å². The van der Waals surface area contributed by atoms with Crippen molar-refractivity contribution in [3.8, 4) is 5.75 Å². The van der Waals surface area contributed by atoms with E-state index >= 15 is 0 Å². The molecule has 4 amide bonds. The van der Waals surface area contributed by atoms with Gasteiger partial charge in [0, 0.05) is 37.6 Å². The number of hydrogen-bond acceptors (Lipinski definition) is 7. The summed E-state index contributed by atoms with van der Waals surface area (Å²) in [6.45, 7) is 0.921. The summed E-state index contributed by atoms with van der Waals surface area (Å²) in [5.74, 6) is -0.848. The molecule has 0 aliphatic carbocycles. The van der Waals surface area contributed by atoms with Crippen molar-refractivity contribution in [3.63, 3.8) is 0 Å². The molecule has 0 spiro atoms. The number of piperidine rings is 1. The van der Waals surface area contributed by atoms with E-state index in [1.54, 1.807) is 31.4 Å². The van der Waals surface area contributed by atoms with Gasteiger partial charge in [0.25, 0.3) is 11.8 Å². The number of methoxy groups -OCH3 is 1. The summed E-state index contributed by atoms with van der Waals surface area (Å²) in [6.07, 6.45) is 5.44. The van der Waals surface area contributed by atoms with Crippen LogP contribution in [-0.2, 0) is 9.59 Å². The van der Waals surface area contributed by atoms with Crippen LogP contribution in [0.25, 0.3) is 0 Å². The Morgan fingerprint density at radius 3 is 2.59 bits per heavy atom. The third-order valence-corrected chi connectivity index (χ3v) is 5.95. The van der Waals surface area contributed by atoms with Gasteiger partial charge in [-0.1, -0.05) is 0 Å². The number of hydrogen-bond donors (Lipinski definition) is 2. The minimum absolute atomic E-state index is 0.0168. The van der Waals surface area contributed by atoms with E-state index in [9.17, 15) is 19.2 Å². The third kappa shape index (κ3) is 4.98. The Balaban J connectivity index is 1.55. The minimum atomic E-state index is -0.986. The normalized spacial score (nSPS) is 20.3. The van der Waals surface area contributed by atoms with Gasteiger partial charge < -0.3 is 25.2 Å². The summed E-state index contributed by atoms with van der Waals surface area (Å²) in [7, 11) is 1.54. The molecule has 2 aliphatic heterocycles. The first kappa shape index (κ1) is 23.1. The van der Waals surface area contributed by atoms with Crippen molar-refractivity contribution in [1.29, 1.82) is 0 Å². The Hall–Kier alpha value is -4.02. The van der Waals surface area contributed by atoms with Crippen molar-refractivity contribution >= 4 is 23.6 Å². The van der Waals surface area contributed by atoms with Gasteiger partial charge >= 0.3 is 0 Å². The van der Waals surface area contributed by atoms with Gasteiger partial charge in [0.1, 0.15) is 23.5 Å². The van der Waals surface area contributed by atoms with E-state index in [0.29, 0.717) is 24.3 Å². The maximum atomic E-state index is 13.3. The van der Waals surface area contributed by atoms with E-state index in [2.05, 4.69) is 20.6 Å². The molecule has 2 N–H and O–H groups in total. The Morgan fingerprint density at radius 2 is 1.91 bits per heavy atom. The summed E-state index contributed by atoms with van der Waals surface area (Å²) in [5, 5.41) is 5.48. The molecule has 4 rings (SSSR count). The van der Waals surface area contributed by atoms with Gasteiger partial charge in [-0.2, -0.15) is 0 Å². The van der Waals surface area contributed by atoms with Crippen molar-refractivity contribution in [2.75, 3.05) is 33.3 Å². The SMILES string of the molecule is COc1ccc(C(=O)N2CCN(C(=O)c3cnccn3)C(C(=O)NC3CCCNC3=O)C2)cc1. The highest BCUT2D eigenvalue weighted by Gasteiger charge is 2.39. The first-order valence-corrected chi connectivity index (χ1v) is 11.1. The molecule has 3 heterocycles. The fourth-order valence-corrected chi connectivity index (χ4v) is 4.09. The second kappa shape index (κ2) is 10.3. The Labute approximate surface area is 196 Å². The van der Waals surface area contributed by atoms with Crippen molar-refractivity contribution in [2.45, 2.75) is 24.9 Å². The van der Waals surface area contributed by atoms with E-state index < -0.39 is 23.9 Å². The predicted octanol–water partition coefficient (Wildman–Crippen LogP) is -0.153. The van der Waals surface area contributed by atoms with Crippen LogP contribution in [0, 0.1) is 0 Å². The number of nitrogens with zero attached hydrogens (tertiary/aromatic N) is 4. The molecule has 2 atom stereocenters. The van der Waals surface area contributed by atoms with E-state index in [-0.39, 0.29) is 37.1 Å². The third-order valence-electron chi connectivity index (χ3n) is 5.95. The minimum Gasteiger partial charge on any atom is -0.497 e. The summed E-state index contributed by atoms with van der Waals surface area (Å²) in [6, 6.07) is 5.02. The Kier molecular flexibility index (Phi) is 7.00. The molecular formula is C23H26N6O5. The van der Waals surface area contributed by atoms with Gasteiger partial charge in [-0.25, -0.2) is 4.98 Å². The number of rotatable bonds is 5. The van der Waals surface area contributed by atoms with Gasteiger partial charge in [0.05, 0.1) is 19.9 Å². The molecule has 0 saturated carbocycles. The Bertz CT molecular complexity index is 1060. The molecule has 1 aromatic heterocycles. The van der Waals surface area contributed by atoms with Crippen LogP contribution in [-0.4, -0.2) is 88.8 Å². The molecule has 2 aliphatic rings. The van der Waals surface area contributed by atoms with Crippen LogP contribution in [0.1, 0.15) is 33.7 Å². The van der Waals surface area contributed by atoms with Gasteiger partial charge in [-0.3, -0.25) is 24.2 Å². The summed E-state index contributed by atoms with van der Waals surface area (Å²) in [5.41, 5.74) is 0.547. The Morgan fingerprint density at radius 1 is 1.12 bits per heavy atom. The number of ether oxygens (including phenoxy) is 1. The second-order valence-corrected chi connectivity index (χ2v) is 8.08. The van der Waals surface area contributed by atoms with E-state index in [1.165, 1.54) is 28.4 Å². The molecule has 11 nitrogen and oxygen atoms in total. The topological polar surface area (TPSA) is 134 Å². The first-order chi connectivity index (χ1) is 16.5. The molecule has 1 aromatic carbocycles. The number of benzene rings is 1. The average Bonchev–Trinajstić information content (AvgIpc) is 2.89. The van der Waals surface area contributed by atoms with Crippen LogP contribution >= 0.6 is 0 Å². The number of carbonyl (C=O) groups is 4. The highest BCUT2D eigenvalue weighted by atomic mass is 16.5. The summed E-state index contributed by atoms with van der Waals surface area (Å²) >= 11 is 0. The van der Waals surface area contributed by atoms with Crippen molar-refractivity contribution in [1.82, 2.24) is 30.4 Å². The number of carbonyl (C=O) groups excluding carboxylic acids is 4. The summed E-state index contributed by atoms with van der Waals surface area (Å²) in [4.78, 5) is 62.6. The smallest absolute Gasteiger partial charge is 0.274 e. The lowest BCUT2D eigenvalue weighted by atomic mass is 10.0. The lowest BCUT2D eigenvalue weighted by molar-refractivity contribution is -0.133. The molecule has 2 aromatic rings. The monoisotopic (exact) mass is 466 g/mol. The largest absolute Gasteiger partial charge is 0.497 e. The quantitative estimate of drug-likeness (QED) is 0.626. The van der Waals surface area contributed by atoms with Crippen LogP contribution in [0.15, 0.2) is 42.9 Å². The number of amides is 4. The lowest BCUT2D eigenvalue weighted by Crippen LogP contribution is -2.63. The predicted molar refractivity (Wildman–Crippen MR) is 120 cm³/mol. The zero-order valence-corrected chi connectivity index (χ0v) is 18.8. The highest BCUT2D eigenvalue weighted by molar-refractivity contribution is 5.99. The second-order valence-electron chi connectivity index (χ2n) is 8.08. The fraction of sp³-hybridized carbons (Fsp3) is 0.391. The van der Waals surface area contributed by atoms with Crippen LogP contribution < -0.4 is 15.4 Å². The lowest BCUT2D eigenvalue weighted by Gasteiger charge is -2.41. The zero-order valence-electron chi connectivity index (χ0n) is 18.8. The van der Waals surface area contributed by atoms with Crippen LogP contribution in [0.5, 0.6) is 5.75 Å². The van der Waals surface area contributed by atoms with E-state index in [4.69, 9.17) is 4.74 Å². The van der Waals surface area contributed by atoms with Crippen molar-refractivity contribution < 1.29 is 23.9 Å². The van der Waals surface area contributed by atoms with E-state index in [1.807, 2.05) is 0 Å². The average molecular weight is 466 g/mol. The van der Waals surface area contributed by atoms with Gasteiger partial charge in [-0.15, -0.1) is 0 Å². The number of aromatic nitrogens is 2. The number of piperazine rings is 1. The number of nitrogens with one attached hydrogen (secondary N) is 2. The molecule has 2 saturated heterocycles. The summed E-state index contributed by atoms with van der Waals surface area (Å²) < 4.78 is 5.14. The molecule has 34 heavy (non-hydrogen) atoms. The van der Waals surface area contributed by atoms with Crippen molar-refractivity contribution in [2.24, 2.45) is 0 Å². The molecule has 0 bridgehead atoms. The standard InChI is InChI=1S/C23H26N6O5/c1-34-16-6-4-15(5-7-16)22(32)28-11-12-29(23(33)18-13-24-9-10-25-18)19(14-28)21(31)27-17-3-2-8-26-20(17)30/h4-7,9-10,13,17,19H,2-3,8,11-12,14H2,1H3,(H,26,30)(H,27,31).